The van der Waals surface area contributed by atoms with Crippen LogP contribution in [0.2, 0.25) is 0 Å². The molecular weight excluding hydrogens is 368 g/mol. The number of carbonyl (C=O) groups excluding carboxylic acids is 3. The molecule has 0 aliphatic heterocycles. The van der Waals surface area contributed by atoms with E-state index >= 15 is 0 Å². The molecular formula is C19H20N2O7. The van der Waals surface area contributed by atoms with E-state index in [2.05, 4.69) is 17.2 Å². The van der Waals surface area contributed by atoms with Gasteiger partial charge in [0.25, 0.3) is 11.8 Å². The number of nitrogens with one attached hydrogen (secondary N) is 2. The summed E-state index contributed by atoms with van der Waals surface area (Å²) < 4.78 is 20.4. The van der Waals surface area contributed by atoms with Crippen LogP contribution in [0, 0.1) is 0 Å². The summed E-state index contributed by atoms with van der Waals surface area (Å²) >= 11 is 0. The highest BCUT2D eigenvalue weighted by Gasteiger charge is 2.21. The van der Waals surface area contributed by atoms with Crippen molar-refractivity contribution in [3.05, 3.63) is 54.5 Å². The second kappa shape index (κ2) is 9.81. The van der Waals surface area contributed by atoms with E-state index in [4.69, 9.17) is 18.6 Å². The van der Waals surface area contributed by atoms with E-state index in [0.717, 1.165) is 0 Å². The maximum atomic E-state index is 12.5. The van der Waals surface area contributed by atoms with Crippen LogP contribution < -0.4 is 20.1 Å². The van der Waals surface area contributed by atoms with Gasteiger partial charge in [0, 0.05) is 18.7 Å². The van der Waals surface area contributed by atoms with Crippen molar-refractivity contribution < 1.29 is 33.0 Å². The van der Waals surface area contributed by atoms with Gasteiger partial charge in [-0.25, -0.2) is 4.79 Å². The van der Waals surface area contributed by atoms with E-state index in [1.807, 2.05) is 0 Å². The molecule has 0 radical (unpaired) electrons. The number of hydrogen-bond acceptors (Lipinski definition) is 7. The highest BCUT2D eigenvalue weighted by Crippen LogP contribution is 2.34. The molecule has 9 heteroatoms. The summed E-state index contributed by atoms with van der Waals surface area (Å²) in [5.74, 6) is -1.30. The Morgan fingerprint density at radius 2 is 1.89 bits per heavy atom. The zero-order valence-corrected chi connectivity index (χ0v) is 15.4. The number of carbonyl (C=O) groups is 3. The third-order valence-corrected chi connectivity index (χ3v) is 3.51. The fourth-order valence-electron chi connectivity index (χ4n) is 2.19. The number of benzene rings is 1. The van der Waals surface area contributed by atoms with Gasteiger partial charge in [0.1, 0.15) is 0 Å². The van der Waals surface area contributed by atoms with E-state index in [-0.39, 0.29) is 35.1 Å². The Bertz CT molecular complexity index is 859. The normalized spacial score (nSPS) is 9.93. The minimum Gasteiger partial charge on any atom is -0.493 e. The maximum Gasteiger partial charge on any atom is 0.340 e. The summed E-state index contributed by atoms with van der Waals surface area (Å²) in [7, 11) is 2.81. The lowest BCUT2D eigenvalue weighted by molar-refractivity contribution is -0.124. The van der Waals surface area contributed by atoms with Crippen LogP contribution in [0.15, 0.2) is 47.6 Å². The molecule has 0 saturated heterocycles. The summed E-state index contributed by atoms with van der Waals surface area (Å²) in [6.45, 7) is 3.23. The molecule has 28 heavy (non-hydrogen) atoms. The Balaban J connectivity index is 2.26. The molecule has 0 bridgehead atoms. The molecule has 0 atom stereocenters. The molecule has 1 heterocycles. The van der Waals surface area contributed by atoms with Gasteiger partial charge >= 0.3 is 5.97 Å². The lowest BCUT2D eigenvalue weighted by atomic mass is 10.1. The molecule has 0 unspecified atom stereocenters. The van der Waals surface area contributed by atoms with Gasteiger partial charge < -0.3 is 29.3 Å². The monoisotopic (exact) mass is 388 g/mol. The van der Waals surface area contributed by atoms with Crippen molar-refractivity contribution in [1.29, 1.82) is 0 Å². The zero-order valence-electron chi connectivity index (χ0n) is 15.4. The first-order valence-corrected chi connectivity index (χ1v) is 8.15. The first kappa shape index (κ1) is 20.6. The number of furan rings is 1. The Kier molecular flexibility index (Phi) is 7.21. The highest BCUT2D eigenvalue weighted by atomic mass is 16.5. The number of esters is 1. The number of ether oxygens (including phenoxy) is 3. The average Bonchev–Trinajstić information content (AvgIpc) is 3.25. The van der Waals surface area contributed by atoms with Crippen LogP contribution in [0.5, 0.6) is 11.5 Å². The predicted molar refractivity (Wildman–Crippen MR) is 99.7 cm³/mol. The smallest absolute Gasteiger partial charge is 0.340 e. The Hall–Kier alpha value is -3.75. The van der Waals surface area contributed by atoms with Gasteiger partial charge in [-0.1, -0.05) is 6.08 Å². The number of rotatable bonds is 9. The van der Waals surface area contributed by atoms with Gasteiger partial charge in [-0.15, -0.1) is 6.58 Å². The molecule has 0 aliphatic rings. The lowest BCUT2D eigenvalue weighted by Gasteiger charge is -2.15. The Morgan fingerprint density at radius 3 is 2.50 bits per heavy atom. The average molecular weight is 388 g/mol. The van der Waals surface area contributed by atoms with Crippen molar-refractivity contribution in [1.82, 2.24) is 5.32 Å². The molecule has 0 saturated carbocycles. The minimum atomic E-state index is -0.829. The number of methoxy groups -OCH3 is 2. The molecule has 9 nitrogen and oxygen atoms in total. The topological polar surface area (TPSA) is 116 Å². The molecule has 2 N–H and O–H groups in total. The third kappa shape index (κ3) is 5.13. The SMILES string of the molecule is C=CCNC(=O)COC(=O)c1cc(OC)c(OC)cc1NC(=O)c1ccco1. The first-order chi connectivity index (χ1) is 13.5. The van der Waals surface area contributed by atoms with E-state index < -0.39 is 24.4 Å². The number of amides is 2. The molecule has 0 fully saturated rings. The quantitative estimate of drug-likeness (QED) is 0.498. The highest BCUT2D eigenvalue weighted by molar-refractivity contribution is 6.07. The third-order valence-electron chi connectivity index (χ3n) is 3.51. The van der Waals surface area contributed by atoms with Crippen LogP contribution in [0.4, 0.5) is 5.69 Å². The van der Waals surface area contributed by atoms with E-state index in [1.54, 1.807) is 6.07 Å². The lowest BCUT2D eigenvalue weighted by Crippen LogP contribution is -2.29. The largest absolute Gasteiger partial charge is 0.493 e. The summed E-state index contributed by atoms with van der Waals surface area (Å²) in [6, 6.07) is 5.78. The van der Waals surface area contributed by atoms with Crippen LogP contribution in [0.3, 0.4) is 0 Å². The van der Waals surface area contributed by atoms with Gasteiger partial charge in [-0.3, -0.25) is 9.59 Å². The molecule has 2 aromatic rings. The van der Waals surface area contributed by atoms with Crippen LogP contribution in [0.1, 0.15) is 20.9 Å². The van der Waals surface area contributed by atoms with E-state index in [9.17, 15) is 14.4 Å². The van der Waals surface area contributed by atoms with Crippen molar-refractivity contribution in [2.75, 3.05) is 32.7 Å². The molecule has 2 amide bonds. The van der Waals surface area contributed by atoms with Crippen LogP contribution >= 0.6 is 0 Å². The van der Waals surface area contributed by atoms with Crippen molar-refractivity contribution in [3.63, 3.8) is 0 Å². The zero-order chi connectivity index (χ0) is 20.5. The van der Waals surface area contributed by atoms with Crippen LogP contribution in [-0.4, -0.2) is 45.2 Å². The summed E-state index contributed by atoms with van der Waals surface area (Å²) in [4.78, 5) is 36.4. The first-order valence-electron chi connectivity index (χ1n) is 8.15. The van der Waals surface area contributed by atoms with Crippen molar-refractivity contribution >= 4 is 23.5 Å². The van der Waals surface area contributed by atoms with E-state index in [0.29, 0.717) is 0 Å². The van der Waals surface area contributed by atoms with Crippen LogP contribution in [-0.2, 0) is 9.53 Å². The van der Waals surface area contributed by atoms with Gasteiger partial charge in [-0.05, 0) is 12.1 Å². The second-order valence-electron chi connectivity index (χ2n) is 5.35. The molecule has 1 aromatic heterocycles. The molecule has 1 aromatic carbocycles. The number of hydrogen-bond donors (Lipinski definition) is 2. The molecule has 148 valence electrons. The molecule has 0 aliphatic carbocycles. The van der Waals surface area contributed by atoms with Crippen LogP contribution in [0.25, 0.3) is 0 Å². The predicted octanol–water partition coefficient (Wildman–Crippen LogP) is 2.01. The van der Waals surface area contributed by atoms with Gasteiger partial charge in [0.2, 0.25) is 0 Å². The van der Waals surface area contributed by atoms with Gasteiger partial charge in [0.05, 0.1) is 31.7 Å². The molecule has 2 rings (SSSR count). The summed E-state index contributed by atoms with van der Waals surface area (Å²) in [6.07, 6.45) is 2.84. The van der Waals surface area contributed by atoms with Gasteiger partial charge in [-0.2, -0.15) is 0 Å². The molecule has 0 spiro atoms. The van der Waals surface area contributed by atoms with E-state index in [1.165, 1.54) is 44.8 Å². The van der Waals surface area contributed by atoms with Gasteiger partial charge in [0.15, 0.2) is 23.9 Å². The number of anilines is 1. The fraction of sp³-hybridized carbons (Fsp3) is 0.211. The Labute approximate surface area is 161 Å². The van der Waals surface area contributed by atoms with Crippen molar-refractivity contribution in [2.24, 2.45) is 0 Å². The summed E-state index contributed by atoms with van der Waals surface area (Å²) in [5, 5.41) is 5.04. The Morgan fingerprint density at radius 1 is 1.18 bits per heavy atom. The standard InChI is InChI=1S/C19H20N2O7/c1-4-7-20-17(22)11-28-19(24)12-9-15(25-2)16(26-3)10-13(12)21-18(23)14-6-5-8-27-14/h4-6,8-10H,1,7,11H2,2-3H3,(H,20,22)(H,21,23). The van der Waals surface area contributed by atoms with Crippen molar-refractivity contribution in [2.45, 2.75) is 0 Å². The summed E-state index contributed by atoms with van der Waals surface area (Å²) in [5.41, 5.74) is 0.0876. The fourth-order valence-corrected chi connectivity index (χ4v) is 2.19. The maximum absolute atomic E-state index is 12.5. The van der Waals surface area contributed by atoms with Crippen molar-refractivity contribution in [3.8, 4) is 11.5 Å². The minimum absolute atomic E-state index is 0.0194. The second-order valence-corrected chi connectivity index (χ2v) is 5.35.